The van der Waals surface area contributed by atoms with Crippen molar-refractivity contribution in [2.24, 2.45) is 5.14 Å². The molecule has 0 fully saturated rings. The van der Waals surface area contributed by atoms with E-state index in [0.717, 1.165) is 5.56 Å². The maximum absolute atomic E-state index is 11.4. The maximum Gasteiger partial charge on any atom is 0.238 e. The van der Waals surface area contributed by atoms with Crippen LogP contribution >= 0.6 is 0 Å². The lowest BCUT2D eigenvalue weighted by Crippen LogP contribution is -2.22. The molecular formula is C12H18N2O4S. The summed E-state index contributed by atoms with van der Waals surface area (Å²) in [7, 11) is -3.68. The van der Waals surface area contributed by atoms with Crippen LogP contribution in [0.15, 0.2) is 29.2 Å². The fourth-order valence-corrected chi connectivity index (χ4v) is 2.00. The molecule has 0 saturated carbocycles. The quantitative estimate of drug-likeness (QED) is 0.618. The molecule has 0 radical (unpaired) electrons. The number of unbranched alkanes of at least 4 members (excludes halogenated alkanes) is 1. The largest absolute Gasteiger partial charge is 0.396 e. The van der Waals surface area contributed by atoms with Gasteiger partial charge in [-0.1, -0.05) is 12.1 Å². The van der Waals surface area contributed by atoms with E-state index in [-0.39, 0.29) is 17.4 Å². The van der Waals surface area contributed by atoms with Crippen LogP contribution in [0, 0.1) is 0 Å². The summed E-state index contributed by atoms with van der Waals surface area (Å²) in [6.45, 7) is 0.422. The highest BCUT2D eigenvalue weighted by Gasteiger charge is 2.07. The second kappa shape index (κ2) is 7.22. The van der Waals surface area contributed by atoms with E-state index in [1.54, 1.807) is 12.1 Å². The monoisotopic (exact) mass is 286 g/mol. The normalized spacial score (nSPS) is 11.3. The van der Waals surface area contributed by atoms with Gasteiger partial charge >= 0.3 is 0 Å². The van der Waals surface area contributed by atoms with E-state index < -0.39 is 10.0 Å². The van der Waals surface area contributed by atoms with Crippen LogP contribution in [0.25, 0.3) is 0 Å². The van der Waals surface area contributed by atoms with Crippen LogP contribution in [0.3, 0.4) is 0 Å². The van der Waals surface area contributed by atoms with Crippen LogP contribution in [-0.4, -0.2) is 26.0 Å². The Bertz CT molecular complexity index is 511. The number of nitrogens with two attached hydrogens (primary N) is 1. The Morgan fingerprint density at radius 1 is 1.21 bits per heavy atom. The van der Waals surface area contributed by atoms with Crippen LogP contribution in [0.2, 0.25) is 0 Å². The second-order valence-electron chi connectivity index (χ2n) is 4.15. The molecule has 6 nitrogen and oxygen atoms in total. The van der Waals surface area contributed by atoms with Crippen molar-refractivity contribution in [2.75, 3.05) is 6.61 Å². The van der Waals surface area contributed by atoms with Gasteiger partial charge < -0.3 is 10.4 Å². The van der Waals surface area contributed by atoms with Gasteiger partial charge in [0.1, 0.15) is 0 Å². The lowest BCUT2D eigenvalue weighted by Gasteiger charge is -2.06. The number of hydrogen-bond acceptors (Lipinski definition) is 4. The van der Waals surface area contributed by atoms with Gasteiger partial charge in [-0.15, -0.1) is 0 Å². The predicted octanol–water partition coefficient (Wildman–Crippen LogP) is 0.113. The first-order valence-corrected chi connectivity index (χ1v) is 7.47. The summed E-state index contributed by atoms with van der Waals surface area (Å²) in [4.78, 5) is 11.5. The molecule has 0 spiro atoms. The highest BCUT2D eigenvalue weighted by molar-refractivity contribution is 7.89. The van der Waals surface area contributed by atoms with Crippen LogP contribution in [0.4, 0.5) is 0 Å². The van der Waals surface area contributed by atoms with E-state index in [4.69, 9.17) is 10.2 Å². The number of primary sulfonamides is 1. The zero-order valence-electron chi connectivity index (χ0n) is 10.5. The first-order chi connectivity index (χ1) is 8.93. The van der Waals surface area contributed by atoms with E-state index in [9.17, 15) is 13.2 Å². The molecule has 106 valence electrons. The highest BCUT2D eigenvalue weighted by Crippen LogP contribution is 2.08. The Morgan fingerprint density at radius 3 is 2.37 bits per heavy atom. The van der Waals surface area contributed by atoms with Gasteiger partial charge in [0.05, 0.1) is 4.90 Å². The van der Waals surface area contributed by atoms with Gasteiger partial charge in [0.2, 0.25) is 15.9 Å². The number of amides is 1. The third kappa shape index (κ3) is 5.82. The van der Waals surface area contributed by atoms with Crippen molar-refractivity contribution in [3.63, 3.8) is 0 Å². The molecular weight excluding hydrogens is 268 g/mol. The fourth-order valence-electron chi connectivity index (χ4n) is 1.48. The summed E-state index contributed by atoms with van der Waals surface area (Å²) in [6, 6.07) is 6.02. The van der Waals surface area contributed by atoms with Crippen LogP contribution < -0.4 is 10.5 Å². The summed E-state index contributed by atoms with van der Waals surface area (Å²) in [5, 5.41) is 16.3. The topological polar surface area (TPSA) is 109 Å². The van der Waals surface area contributed by atoms with Crippen molar-refractivity contribution in [1.29, 1.82) is 0 Å². The number of hydrogen-bond donors (Lipinski definition) is 3. The van der Waals surface area contributed by atoms with E-state index >= 15 is 0 Å². The first-order valence-electron chi connectivity index (χ1n) is 5.93. The fraction of sp³-hybridized carbons (Fsp3) is 0.417. The Kier molecular flexibility index (Phi) is 5.94. The number of carbonyl (C=O) groups is 1. The van der Waals surface area contributed by atoms with E-state index in [0.29, 0.717) is 25.8 Å². The van der Waals surface area contributed by atoms with Crippen LogP contribution in [-0.2, 0) is 21.4 Å². The van der Waals surface area contributed by atoms with Crippen LogP contribution in [0.1, 0.15) is 24.8 Å². The highest BCUT2D eigenvalue weighted by atomic mass is 32.2. The van der Waals surface area contributed by atoms with Crippen molar-refractivity contribution in [3.05, 3.63) is 29.8 Å². The number of aliphatic hydroxyl groups excluding tert-OH is 1. The minimum absolute atomic E-state index is 0.0468. The molecule has 0 atom stereocenters. The smallest absolute Gasteiger partial charge is 0.238 e. The minimum Gasteiger partial charge on any atom is -0.396 e. The minimum atomic E-state index is -3.68. The van der Waals surface area contributed by atoms with E-state index in [1.165, 1.54) is 12.1 Å². The molecule has 0 aromatic heterocycles. The summed E-state index contributed by atoms with van der Waals surface area (Å²) in [6.07, 6.45) is 1.62. The van der Waals surface area contributed by atoms with Crippen molar-refractivity contribution < 1.29 is 18.3 Å². The second-order valence-corrected chi connectivity index (χ2v) is 5.71. The summed E-state index contributed by atoms with van der Waals surface area (Å²) < 4.78 is 22.1. The van der Waals surface area contributed by atoms with Gasteiger partial charge in [-0.2, -0.15) is 0 Å². The van der Waals surface area contributed by atoms with Gasteiger partial charge in [-0.05, 0) is 30.5 Å². The van der Waals surface area contributed by atoms with Gasteiger partial charge in [0.25, 0.3) is 0 Å². The standard InChI is InChI=1S/C12H18N2O4S/c13-19(17,18)11-6-4-10(5-7-11)9-14-12(16)3-1-2-8-15/h4-7,15H,1-3,8-9H2,(H,14,16)(H2,13,17,18). The third-order valence-electron chi connectivity index (χ3n) is 2.55. The number of sulfonamides is 1. The number of rotatable bonds is 7. The van der Waals surface area contributed by atoms with Gasteiger partial charge in [-0.25, -0.2) is 13.6 Å². The van der Waals surface area contributed by atoms with Gasteiger partial charge in [0, 0.05) is 19.6 Å². The first kappa shape index (κ1) is 15.6. The predicted molar refractivity (Wildman–Crippen MR) is 70.6 cm³/mol. The van der Waals surface area contributed by atoms with Crippen LogP contribution in [0.5, 0.6) is 0 Å². The van der Waals surface area contributed by atoms with Gasteiger partial charge in [0.15, 0.2) is 0 Å². The molecule has 19 heavy (non-hydrogen) atoms. The number of aliphatic hydroxyl groups is 1. The molecule has 0 aliphatic carbocycles. The number of nitrogens with one attached hydrogen (secondary N) is 1. The Labute approximate surface area is 112 Å². The van der Waals surface area contributed by atoms with Crippen molar-refractivity contribution in [2.45, 2.75) is 30.7 Å². The molecule has 0 bridgehead atoms. The zero-order valence-corrected chi connectivity index (χ0v) is 11.3. The molecule has 0 aliphatic heterocycles. The third-order valence-corrected chi connectivity index (χ3v) is 3.48. The zero-order chi connectivity index (χ0) is 14.3. The lowest BCUT2D eigenvalue weighted by molar-refractivity contribution is -0.121. The van der Waals surface area contributed by atoms with Crippen molar-refractivity contribution in [1.82, 2.24) is 5.32 Å². The SMILES string of the molecule is NS(=O)(=O)c1ccc(CNC(=O)CCCCO)cc1. The Morgan fingerprint density at radius 2 is 1.84 bits per heavy atom. The molecule has 1 aromatic rings. The average Bonchev–Trinajstić information content (AvgIpc) is 2.36. The van der Waals surface area contributed by atoms with Crippen molar-refractivity contribution in [3.8, 4) is 0 Å². The molecule has 4 N–H and O–H groups in total. The molecule has 1 rings (SSSR count). The van der Waals surface area contributed by atoms with Gasteiger partial charge in [-0.3, -0.25) is 4.79 Å². The van der Waals surface area contributed by atoms with E-state index in [1.807, 2.05) is 0 Å². The molecule has 7 heteroatoms. The number of carbonyl (C=O) groups excluding carboxylic acids is 1. The maximum atomic E-state index is 11.4. The van der Waals surface area contributed by atoms with Crippen molar-refractivity contribution >= 4 is 15.9 Å². The number of benzene rings is 1. The molecule has 0 heterocycles. The molecule has 0 saturated heterocycles. The molecule has 0 aliphatic rings. The molecule has 1 amide bonds. The summed E-state index contributed by atoms with van der Waals surface area (Å²) >= 11 is 0. The molecule has 1 aromatic carbocycles. The summed E-state index contributed by atoms with van der Waals surface area (Å²) in [5.74, 6) is -0.0935. The summed E-state index contributed by atoms with van der Waals surface area (Å²) in [5.41, 5.74) is 0.794. The molecule has 0 unspecified atom stereocenters. The Balaban J connectivity index is 2.44. The Hall–Kier alpha value is -1.44. The average molecular weight is 286 g/mol. The lowest BCUT2D eigenvalue weighted by atomic mass is 10.2. The van der Waals surface area contributed by atoms with E-state index in [2.05, 4.69) is 5.32 Å².